The Morgan fingerprint density at radius 3 is 2.20 bits per heavy atom. The van der Waals surface area contributed by atoms with Crippen LogP contribution in [0.4, 0.5) is 5.69 Å². The first-order valence-corrected chi connectivity index (χ1v) is 9.99. The highest BCUT2D eigenvalue weighted by Crippen LogP contribution is 2.39. The lowest BCUT2D eigenvalue weighted by molar-refractivity contribution is -0.114. The molecule has 25 heavy (non-hydrogen) atoms. The first kappa shape index (κ1) is 18.1. The van der Waals surface area contributed by atoms with Crippen LogP contribution in [0.5, 0.6) is 0 Å². The van der Waals surface area contributed by atoms with Crippen LogP contribution in [0.15, 0.2) is 6.20 Å². The molecule has 4 nitrogen and oxygen atoms in total. The van der Waals surface area contributed by atoms with E-state index in [0.29, 0.717) is 18.0 Å². The number of anilines is 1. The summed E-state index contributed by atoms with van der Waals surface area (Å²) >= 11 is 0. The minimum Gasteiger partial charge on any atom is -0.325 e. The fraction of sp³-hybridized carbons (Fsp3) is 0.667. The third kappa shape index (κ3) is 4.47. The van der Waals surface area contributed by atoms with Crippen molar-refractivity contribution in [1.29, 1.82) is 0 Å². The van der Waals surface area contributed by atoms with Crippen LogP contribution in [0.3, 0.4) is 0 Å². The molecule has 0 saturated heterocycles. The Hall–Kier alpha value is -1.71. The lowest BCUT2D eigenvalue weighted by Gasteiger charge is -2.23. The standard InChI is InChI=1S/C21H30N2O2/c1-15(24)23-18-14-22-21-17(12-13-19(21)25)20(18)16-10-8-6-4-2-3-5-7-9-11-16/h14,16H,2-13H2,1H3,(H,23,24). The Balaban J connectivity index is 1.93. The van der Waals surface area contributed by atoms with E-state index < -0.39 is 0 Å². The number of Topliss-reactive ketones (excluding diaryl/α,β-unsaturated/α-hetero) is 1. The van der Waals surface area contributed by atoms with Gasteiger partial charge >= 0.3 is 0 Å². The van der Waals surface area contributed by atoms with E-state index in [4.69, 9.17) is 0 Å². The van der Waals surface area contributed by atoms with Crippen LogP contribution < -0.4 is 5.32 Å². The molecule has 1 heterocycles. The normalized spacial score (nSPS) is 20.0. The molecule has 0 atom stereocenters. The zero-order valence-corrected chi connectivity index (χ0v) is 15.4. The number of fused-ring (bicyclic) bond motifs is 1. The number of nitrogens with zero attached hydrogens (tertiary/aromatic N) is 1. The van der Waals surface area contributed by atoms with Gasteiger partial charge in [-0.3, -0.25) is 14.6 Å². The van der Waals surface area contributed by atoms with Crippen LogP contribution in [0.2, 0.25) is 0 Å². The molecule has 0 spiro atoms. The molecule has 3 rings (SSSR count). The maximum absolute atomic E-state index is 12.2. The van der Waals surface area contributed by atoms with Gasteiger partial charge in [0.05, 0.1) is 11.9 Å². The van der Waals surface area contributed by atoms with E-state index in [2.05, 4.69) is 10.3 Å². The quantitative estimate of drug-likeness (QED) is 0.807. The minimum absolute atomic E-state index is 0.0658. The molecule has 1 aromatic rings. The van der Waals surface area contributed by atoms with E-state index in [0.717, 1.165) is 30.5 Å². The number of aromatic nitrogens is 1. The summed E-state index contributed by atoms with van der Waals surface area (Å²) in [5, 5.41) is 2.98. The van der Waals surface area contributed by atoms with Gasteiger partial charge in [-0.2, -0.15) is 0 Å². The predicted octanol–water partition coefficient (Wildman–Crippen LogP) is 5.17. The van der Waals surface area contributed by atoms with Gasteiger partial charge in [0.2, 0.25) is 5.91 Å². The fourth-order valence-electron chi connectivity index (χ4n) is 4.45. The average molecular weight is 342 g/mol. The third-order valence-electron chi connectivity index (χ3n) is 5.66. The van der Waals surface area contributed by atoms with Gasteiger partial charge in [0, 0.05) is 13.3 Å². The van der Waals surface area contributed by atoms with Crippen molar-refractivity contribution in [3.05, 3.63) is 23.0 Å². The second-order valence-corrected chi connectivity index (χ2v) is 7.62. The highest BCUT2D eigenvalue weighted by Gasteiger charge is 2.29. The molecule has 1 saturated carbocycles. The number of carbonyl (C=O) groups is 2. The van der Waals surface area contributed by atoms with Crippen LogP contribution in [-0.4, -0.2) is 16.7 Å². The first-order valence-electron chi connectivity index (χ1n) is 9.99. The first-order chi connectivity index (χ1) is 12.2. The summed E-state index contributed by atoms with van der Waals surface area (Å²) in [5.41, 5.74) is 3.81. The maximum atomic E-state index is 12.2. The summed E-state index contributed by atoms with van der Waals surface area (Å²) in [5.74, 6) is 0.522. The molecule has 136 valence electrons. The molecule has 4 heteroatoms. The monoisotopic (exact) mass is 342 g/mol. The predicted molar refractivity (Wildman–Crippen MR) is 100 cm³/mol. The van der Waals surface area contributed by atoms with Crippen molar-refractivity contribution in [2.45, 2.75) is 89.9 Å². The van der Waals surface area contributed by atoms with Crippen molar-refractivity contribution in [2.24, 2.45) is 0 Å². The van der Waals surface area contributed by atoms with Gasteiger partial charge < -0.3 is 5.32 Å². The molecular weight excluding hydrogens is 312 g/mol. The lowest BCUT2D eigenvalue weighted by atomic mass is 9.85. The lowest BCUT2D eigenvalue weighted by Crippen LogP contribution is -2.14. The van der Waals surface area contributed by atoms with Crippen molar-refractivity contribution in [3.63, 3.8) is 0 Å². The summed E-state index contributed by atoms with van der Waals surface area (Å²) in [6.45, 7) is 1.54. The highest BCUT2D eigenvalue weighted by molar-refractivity contribution is 6.00. The van der Waals surface area contributed by atoms with Gasteiger partial charge in [-0.25, -0.2) is 0 Å². The Bertz CT molecular complexity index is 627. The Labute approximate surface area is 150 Å². The fourth-order valence-corrected chi connectivity index (χ4v) is 4.45. The zero-order valence-electron chi connectivity index (χ0n) is 15.4. The van der Waals surface area contributed by atoms with Crippen molar-refractivity contribution in [1.82, 2.24) is 4.98 Å². The van der Waals surface area contributed by atoms with Gasteiger partial charge in [-0.05, 0) is 36.3 Å². The summed E-state index contributed by atoms with van der Waals surface area (Å²) in [4.78, 5) is 28.2. The van der Waals surface area contributed by atoms with Gasteiger partial charge in [0.1, 0.15) is 5.69 Å². The van der Waals surface area contributed by atoms with Crippen LogP contribution in [0.25, 0.3) is 0 Å². The van der Waals surface area contributed by atoms with E-state index in [1.165, 1.54) is 56.9 Å². The van der Waals surface area contributed by atoms with E-state index in [1.807, 2.05) is 0 Å². The zero-order chi connectivity index (χ0) is 17.6. The number of rotatable bonds is 2. The average Bonchev–Trinajstić information content (AvgIpc) is 2.92. The van der Waals surface area contributed by atoms with Gasteiger partial charge in [-0.15, -0.1) is 0 Å². The van der Waals surface area contributed by atoms with Crippen molar-refractivity contribution in [2.75, 3.05) is 5.32 Å². The second-order valence-electron chi connectivity index (χ2n) is 7.62. The second kappa shape index (κ2) is 8.59. The van der Waals surface area contributed by atoms with Crippen LogP contribution >= 0.6 is 0 Å². The molecule has 0 bridgehead atoms. The molecule has 0 aromatic carbocycles. The van der Waals surface area contributed by atoms with E-state index in [9.17, 15) is 9.59 Å². The molecule has 0 aliphatic heterocycles. The van der Waals surface area contributed by atoms with Crippen molar-refractivity contribution in [3.8, 4) is 0 Å². The Morgan fingerprint density at radius 1 is 1.00 bits per heavy atom. The van der Waals surface area contributed by atoms with Gasteiger partial charge in [0.15, 0.2) is 5.78 Å². The molecule has 1 N–H and O–H groups in total. The maximum Gasteiger partial charge on any atom is 0.221 e. The van der Waals surface area contributed by atoms with Gasteiger partial charge in [0.25, 0.3) is 0 Å². The molecule has 2 aliphatic carbocycles. The SMILES string of the molecule is CC(=O)Nc1cnc2c(c1C1CCCCCCCCCC1)CCC2=O. The van der Waals surface area contributed by atoms with E-state index >= 15 is 0 Å². The molecule has 0 unspecified atom stereocenters. The van der Waals surface area contributed by atoms with Crippen LogP contribution in [0, 0.1) is 0 Å². The Kier molecular flexibility index (Phi) is 6.22. The number of ketones is 1. The molecule has 1 amide bonds. The number of hydrogen-bond donors (Lipinski definition) is 1. The van der Waals surface area contributed by atoms with Crippen molar-refractivity contribution < 1.29 is 9.59 Å². The van der Waals surface area contributed by atoms with E-state index in [-0.39, 0.29) is 11.7 Å². The van der Waals surface area contributed by atoms with Gasteiger partial charge in [-0.1, -0.05) is 51.4 Å². The Morgan fingerprint density at radius 2 is 1.60 bits per heavy atom. The minimum atomic E-state index is -0.0658. The summed E-state index contributed by atoms with van der Waals surface area (Å²) in [7, 11) is 0. The number of carbonyl (C=O) groups excluding carboxylic acids is 2. The molecule has 2 aliphatic rings. The third-order valence-corrected chi connectivity index (χ3v) is 5.66. The number of nitrogens with one attached hydrogen (secondary N) is 1. The molecule has 0 radical (unpaired) electrons. The van der Waals surface area contributed by atoms with Crippen LogP contribution in [-0.2, 0) is 11.2 Å². The molecule has 1 aromatic heterocycles. The summed E-state index contributed by atoms with van der Waals surface area (Å²) in [6, 6.07) is 0. The largest absolute Gasteiger partial charge is 0.325 e. The molecular formula is C21H30N2O2. The summed E-state index contributed by atoms with van der Waals surface area (Å²) < 4.78 is 0. The van der Waals surface area contributed by atoms with E-state index in [1.54, 1.807) is 13.1 Å². The topological polar surface area (TPSA) is 59.1 Å². The summed E-state index contributed by atoms with van der Waals surface area (Å²) in [6.07, 6.45) is 15.8. The number of hydrogen-bond acceptors (Lipinski definition) is 3. The van der Waals surface area contributed by atoms with Crippen molar-refractivity contribution >= 4 is 17.4 Å². The number of pyridine rings is 1. The highest BCUT2D eigenvalue weighted by atomic mass is 16.1. The number of amides is 1. The smallest absolute Gasteiger partial charge is 0.221 e. The molecule has 1 fully saturated rings. The van der Waals surface area contributed by atoms with Crippen LogP contribution in [0.1, 0.15) is 105 Å².